The van der Waals surface area contributed by atoms with E-state index in [4.69, 9.17) is 26.2 Å². The number of aryl methyl sites for hydroxylation is 2. The topological polar surface area (TPSA) is 92.2 Å². The van der Waals surface area contributed by atoms with Gasteiger partial charge in [-0.05, 0) is 61.7 Å². The molecule has 1 aliphatic rings. The number of hydrogen-bond acceptors (Lipinski definition) is 5. The molecule has 1 N–H and O–H groups in total. The summed E-state index contributed by atoms with van der Waals surface area (Å²) in [4.78, 5) is 31.2. The van der Waals surface area contributed by atoms with Crippen molar-refractivity contribution in [2.24, 2.45) is 0 Å². The molecule has 0 aliphatic carbocycles. The average molecular weight is 536 g/mol. The van der Waals surface area contributed by atoms with Gasteiger partial charge in [0.1, 0.15) is 12.4 Å². The van der Waals surface area contributed by atoms with E-state index in [1.807, 2.05) is 51.1 Å². The molecule has 0 radical (unpaired) electrons. The summed E-state index contributed by atoms with van der Waals surface area (Å²) in [5, 5.41) is 9.55. The van der Waals surface area contributed by atoms with Gasteiger partial charge >= 0.3 is 6.09 Å². The monoisotopic (exact) mass is 535 g/mol. The summed E-state index contributed by atoms with van der Waals surface area (Å²) in [5.41, 5.74) is 3.81. The van der Waals surface area contributed by atoms with Crippen LogP contribution in [0, 0.1) is 13.8 Å². The van der Waals surface area contributed by atoms with Gasteiger partial charge in [-0.15, -0.1) is 0 Å². The van der Waals surface area contributed by atoms with Crippen molar-refractivity contribution in [3.05, 3.63) is 88.1 Å². The van der Waals surface area contributed by atoms with Gasteiger partial charge in [0.05, 0.1) is 11.2 Å². The first-order valence-electron chi connectivity index (χ1n) is 12.3. The van der Waals surface area contributed by atoms with E-state index in [2.05, 4.69) is 4.98 Å². The summed E-state index contributed by atoms with van der Waals surface area (Å²) in [7, 11) is 0. The molecule has 1 atom stereocenters. The van der Waals surface area contributed by atoms with Gasteiger partial charge in [0.25, 0.3) is 0 Å². The third-order valence-corrected chi connectivity index (χ3v) is 6.57. The lowest BCUT2D eigenvalue weighted by molar-refractivity contribution is -0.129. The third kappa shape index (κ3) is 6.83. The number of pyridine rings is 1. The molecule has 2 amide bonds. The molecular weight excluding hydrogens is 506 g/mol. The smallest absolute Gasteiger partial charge is 0.407 e. The zero-order chi connectivity index (χ0) is 27.2. The van der Waals surface area contributed by atoms with Crippen LogP contribution in [0.3, 0.4) is 0 Å². The fourth-order valence-electron chi connectivity index (χ4n) is 4.17. The molecule has 38 heavy (non-hydrogen) atoms. The molecule has 1 aliphatic heterocycles. The standard InChI is InChI=1S/C29H30ClN3O5/c1-19-4-6-22(7-5-19)18-37-24-9-10-26(31-16-24)38-28-20(2)14-23(15-25(28)30)8-11-27(34)33-13-12-32(29(35)36)17-21(33)3/h4-11,14-16,21H,12-13,17-18H2,1-3H3,(H,35,36)/b11-8+/t21-/m0/s1. The van der Waals surface area contributed by atoms with Gasteiger partial charge in [0, 0.05) is 37.8 Å². The van der Waals surface area contributed by atoms with Crippen LogP contribution >= 0.6 is 11.6 Å². The summed E-state index contributed by atoms with van der Waals surface area (Å²) < 4.78 is 11.7. The first-order chi connectivity index (χ1) is 18.2. The van der Waals surface area contributed by atoms with Gasteiger partial charge < -0.3 is 24.4 Å². The minimum Gasteiger partial charge on any atom is -0.487 e. The molecule has 9 heteroatoms. The number of rotatable bonds is 7. The van der Waals surface area contributed by atoms with E-state index in [9.17, 15) is 9.59 Å². The Hall–Kier alpha value is -4.04. The fourth-order valence-corrected chi connectivity index (χ4v) is 4.49. The van der Waals surface area contributed by atoms with Crippen LogP contribution in [0.1, 0.15) is 29.2 Å². The number of hydrogen-bond donors (Lipinski definition) is 1. The SMILES string of the molecule is Cc1ccc(COc2ccc(Oc3c(C)cc(/C=C/C(=O)N4CCN(C(=O)O)C[C@@H]4C)cc3Cl)nc2)cc1. The number of amides is 2. The second-order valence-electron chi connectivity index (χ2n) is 9.30. The Labute approximate surface area is 227 Å². The highest BCUT2D eigenvalue weighted by molar-refractivity contribution is 6.32. The number of carbonyl (C=O) groups excluding carboxylic acids is 1. The highest BCUT2D eigenvalue weighted by Crippen LogP contribution is 2.34. The van der Waals surface area contributed by atoms with Gasteiger partial charge in [0.2, 0.25) is 11.8 Å². The molecule has 0 saturated carbocycles. The zero-order valence-corrected chi connectivity index (χ0v) is 22.3. The molecule has 1 saturated heterocycles. The quantitative estimate of drug-likeness (QED) is 0.376. The molecule has 2 heterocycles. The van der Waals surface area contributed by atoms with Crippen LogP contribution in [0.5, 0.6) is 17.4 Å². The number of aromatic nitrogens is 1. The molecule has 1 fully saturated rings. The van der Waals surface area contributed by atoms with Crippen molar-refractivity contribution in [1.82, 2.24) is 14.8 Å². The molecular formula is C29H30ClN3O5. The van der Waals surface area contributed by atoms with Crippen molar-refractivity contribution in [2.75, 3.05) is 19.6 Å². The third-order valence-electron chi connectivity index (χ3n) is 6.29. The van der Waals surface area contributed by atoms with Crippen molar-refractivity contribution in [2.45, 2.75) is 33.4 Å². The lowest BCUT2D eigenvalue weighted by Gasteiger charge is -2.38. The van der Waals surface area contributed by atoms with Gasteiger partial charge in [0.15, 0.2) is 5.75 Å². The van der Waals surface area contributed by atoms with E-state index < -0.39 is 6.09 Å². The lowest BCUT2D eigenvalue weighted by atomic mass is 10.1. The Kier molecular flexibility index (Phi) is 8.53. The summed E-state index contributed by atoms with van der Waals surface area (Å²) in [5.74, 6) is 1.31. The Morgan fingerprint density at radius 3 is 2.53 bits per heavy atom. The van der Waals surface area contributed by atoms with Crippen molar-refractivity contribution in [1.29, 1.82) is 0 Å². The van der Waals surface area contributed by atoms with Gasteiger partial charge in [-0.1, -0.05) is 41.4 Å². The number of carbonyl (C=O) groups is 2. The normalized spacial score (nSPS) is 15.5. The van der Waals surface area contributed by atoms with Gasteiger partial charge in [-0.3, -0.25) is 4.79 Å². The maximum atomic E-state index is 12.7. The van der Waals surface area contributed by atoms with Crippen LogP contribution in [0.2, 0.25) is 5.02 Å². The molecule has 2 aromatic carbocycles. The predicted octanol–water partition coefficient (Wildman–Crippen LogP) is 5.95. The average Bonchev–Trinajstić information content (AvgIpc) is 2.89. The maximum Gasteiger partial charge on any atom is 0.407 e. The molecule has 1 aromatic heterocycles. The van der Waals surface area contributed by atoms with E-state index in [1.165, 1.54) is 16.5 Å². The minimum absolute atomic E-state index is 0.175. The van der Waals surface area contributed by atoms with Crippen LogP contribution in [0.25, 0.3) is 6.08 Å². The Balaban J connectivity index is 1.36. The first kappa shape index (κ1) is 27.0. The molecule has 0 bridgehead atoms. The molecule has 8 nitrogen and oxygen atoms in total. The molecule has 3 aromatic rings. The number of benzene rings is 2. The van der Waals surface area contributed by atoms with Crippen LogP contribution in [-0.4, -0.2) is 57.6 Å². The second-order valence-corrected chi connectivity index (χ2v) is 9.71. The number of nitrogens with zero attached hydrogens (tertiary/aromatic N) is 3. The number of halogens is 1. The zero-order valence-electron chi connectivity index (χ0n) is 21.6. The van der Waals surface area contributed by atoms with Crippen LogP contribution < -0.4 is 9.47 Å². The number of ether oxygens (including phenoxy) is 2. The highest BCUT2D eigenvalue weighted by Gasteiger charge is 2.28. The largest absolute Gasteiger partial charge is 0.487 e. The Morgan fingerprint density at radius 1 is 1.13 bits per heavy atom. The summed E-state index contributed by atoms with van der Waals surface area (Å²) in [6.45, 7) is 7.14. The highest BCUT2D eigenvalue weighted by atomic mass is 35.5. The van der Waals surface area contributed by atoms with Gasteiger partial charge in [-0.2, -0.15) is 0 Å². The number of carboxylic acid groups (broad SMARTS) is 1. The van der Waals surface area contributed by atoms with Crippen LogP contribution in [-0.2, 0) is 11.4 Å². The summed E-state index contributed by atoms with van der Waals surface area (Å²) in [6.07, 6.45) is 3.81. The maximum absolute atomic E-state index is 12.7. The fraction of sp³-hybridized carbons (Fsp3) is 0.276. The summed E-state index contributed by atoms with van der Waals surface area (Å²) >= 11 is 6.51. The Morgan fingerprint density at radius 2 is 1.89 bits per heavy atom. The van der Waals surface area contributed by atoms with E-state index in [1.54, 1.807) is 35.4 Å². The van der Waals surface area contributed by atoms with E-state index >= 15 is 0 Å². The summed E-state index contributed by atoms with van der Waals surface area (Å²) in [6, 6.07) is 15.1. The van der Waals surface area contributed by atoms with E-state index in [0.717, 1.165) is 16.7 Å². The van der Waals surface area contributed by atoms with Crippen molar-refractivity contribution in [3.63, 3.8) is 0 Å². The van der Waals surface area contributed by atoms with Gasteiger partial charge in [-0.25, -0.2) is 9.78 Å². The van der Waals surface area contributed by atoms with Crippen molar-refractivity contribution in [3.8, 4) is 17.4 Å². The molecule has 4 rings (SSSR count). The molecule has 198 valence electrons. The minimum atomic E-state index is -0.968. The molecule has 0 unspecified atom stereocenters. The molecule has 0 spiro atoms. The lowest BCUT2D eigenvalue weighted by Crippen LogP contribution is -2.54. The second kappa shape index (κ2) is 12.0. The van der Waals surface area contributed by atoms with E-state index in [0.29, 0.717) is 48.6 Å². The van der Waals surface area contributed by atoms with Crippen LogP contribution in [0.4, 0.5) is 4.79 Å². The Bertz CT molecular complexity index is 1300. The van der Waals surface area contributed by atoms with Crippen molar-refractivity contribution < 1.29 is 24.2 Å². The van der Waals surface area contributed by atoms with Crippen LogP contribution in [0.15, 0.2) is 60.8 Å². The van der Waals surface area contributed by atoms with Crippen molar-refractivity contribution >= 4 is 29.7 Å². The predicted molar refractivity (Wildman–Crippen MR) is 146 cm³/mol. The first-order valence-corrected chi connectivity index (χ1v) is 12.7. The number of piperazine rings is 1. The van der Waals surface area contributed by atoms with E-state index in [-0.39, 0.29) is 11.9 Å².